The van der Waals surface area contributed by atoms with Gasteiger partial charge in [0.25, 0.3) is 0 Å². The highest BCUT2D eigenvalue weighted by Crippen LogP contribution is 2.55. The lowest BCUT2D eigenvalue weighted by molar-refractivity contribution is 0.456. The van der Waals surface area contributed by atoms with Crippen molar-refractivity contribution in [1.82, 2.24) is 0 Å². The molecule has 2 nitrogen and oxygen atoms in total. The third kappa shape index (κ3) is 5.73. The van der Waals surface area contributed by atoms with E-state index in [1.54, 1.807) is 0 Å². The lowest BCUT2D eigenvalue weighted by Crippen LogP contribution is -2.13. The van der Waals surface area contributed by atoms with Crippen LogP contribution in [0.5, 0.6) is 23.0 Å². The third-order valence-corrected chi connectivity index (χ3v) is 13.6. The Morgan fingerprint density at radius 1 is 0.219 bits per heavy atom. The van der Waals surface area contributed by atoms with Gasteiger partial charge >= 0.3 is 0 Å². The van der Waals surface area contributed by atoms with E-state index in [1.807, 2.05) is 0 Å². The lowest BCUT2D eigenvalue weighted by atomic mass is 9.77. The molecule has 300 valence electrons. The Kier molecular flexibility index (Phi) is 8.39. The molecule has 12 aromatic rings. The Labute approximate surface area is 371 Å². The maximum absolute atomic E-state index is 6.66. The van der Waals surface area contributed by atoms with Crippen LogP contribution in [0.4, 0.5) is 0 Å². The van der Waals surface area contributed by atoms with Gasteiger partial charge in [-0.15, -0.1) is 0 Å². The van der Waals surface area contributed by atoms with E-state index in [0.717, 1.165) is 28.4 Å². The molecule has 0 fully saturated rings. The minimum absolute atomic E-state index is 0.0806. The molecule has 0 saturated carbocycles. The molecular weight excluding hydrogens is 777 g/mol. The van der Waals surface area contributed by atoms with Crippen LogP contribution in [-0.4, -0.2) is 0 Å². The van der Waals surface area contributed by atoms with Crippen molar-refractivity contribution in [2.24, 2.45) is 0 Å². The van der Waals surface area contributed by atoms with E-state index in [-0.39, 0.29) is 11.8 Å². The summed E-state index contributed by atoms with van der Waals surface area (Å²) >= 11 is 0. The molecule has 0 radical (unpaired) electrons. The molecule has 0 amide bonds. The Hall–Kier alpha value is -8.20. The van der Waals surface area contributed by atoms with Gasteiger partial charge in [-0.2, -0.15) is 0 Å². The first-order valence-electron chi connectivity index (χ1n) is 22.1. The zero-order valence-corrected chi connectivity index (χ0v) is 34.9. The summed E-state index contributed by atoms with van der Waals surface area (Å²) in [6.45, 7) is 0. The van der Waals surface area contributed by atoms with Gasteiger partial charge in [0.15, 0.2) is 0 Å². The Bertz CT molecular complexity index is 3730. The highest BCUT2D eigenvalue weighted by molar-refractivity contribution is 5.99. The summed E-state index contributed by atoms with van der Waals surface area (Å²) in [5.74, 6) is 4.00. The molecule has 12 aromatic carbocycles. The molecular formula is C62H40O2. The number of hydrogen-bond acceptors (Lipinski definition) is 2. The van der Waals surface area contributed by atoms with Crippen LogP contribution in [0.3, 0.4) is 0 Å². The number of hydrogen-bond donors (Lipinski definition) is 0. The van der Waals surface area contributed by atoms with Gasteiger partial charge in [0.05, 0.1) is 0 Å². The van der Waals surface area contributed by atoms with Crippen LogP contribution >= 0.6 is 0 Å². The third-order valence-electron chi connectivity index (χ3n) is 13.6. The molecule has 0 aromatic heterocycles. The fourth-order valence-corrected chi connectivity index (χ4v) is 10.8. The minimum atomic E-state index is 0.0806. The molecule has 2 aliphatic heterocycles. The van der Waals surface area contributed by atoms with Gasteiger partial charge in [-0.3, -0.25) is 0 Å². The maximum atomic E-state index is 6.66. The highest BCUT2D eigenvalue weighted by Gasteiger charge is 2.34. The fraction of sp³-hybridized carbons (Fsp3) is 0.0323. The van der Waals surface area contributed by atoms with Crippen molar-refractivity contribution < 1.29 is 9.47 Å². The molecule has 0 N–H and O–H groups in total. The van der Waals surface area contributed by atoms with Gasteiger partial charge in [0.2, 0.25) is 0 Å². The predicted molar refractivity (Wildman–Crippen MR) is 266 cm³/mol. The van der Waals surface area contributed by atoms with E-state index in [1.165, 1.54) is 92.6 Å². The van der Waals surface area contributed by atoms with Crippen LogP contribution in [0.2, 0.25) is 0 Å². The second kappa shape index (κ2) is 14.7. The van der Waals surface area contributed by atoms with E-state index in [4.69, 9.17) is 9.47 Å². The van der Waals surface area contributed by atoms with Crippen molar-refractivity contribution >= 4 is 64.6 Å². The van der Waals surface area contributed by atoms with E-state index >= 15 is 0 Å². The normalized spacial score (nSPS) is 14.0. The van der Waals surface area contributed by atoms with Gasteiger partial charge in [-0.05, 0) is 88.6 Å². The van der Waals surface area contributed by atoms with Crippen molar-refractivity contribution in [2.45, 2.75) is 11.8 Å². The molecule has 14 rings (SSSR count). The first-order valence-corrected chi connectivity index (χ1v) is 22.1. The average Bonchev–Trinajstić information content (AvgIpc) is 3.37. The van der Waals surface area contributed by atoms with Gasteiger partial charge in [-0.1, -0.05) is 212 Å². The number of benzene rings is 12. The second-order valence-corrected chi connectivity index (χ2v) is 17.0. The maximum Gasteiger partial charge on any atom is 0.139 e. The number of rotatable bonds is 2. The van der Waals surface area contributed by atoms with Gasteiger partial charge in [-0.25, -0.2) is 0 Å². The van der Waals surface area contributed by atoms with Crippen LogP contribution in [-0.2, 0) is 0 Å². The molecule has 0 aliphatic carbocycles. The van der Waals surface area contributed by atoms with Crippen molar-refractivity contribution in [3.63, 3.8) is 0 Å². The van der Waals surface area contributed by atoms with Crippen LogP contribution < -0.4 is 9.47 Å². The van der Waals surface area contributed by atoms with Crippen molar-refractivity contribution in [3.05, 3.63) is 264 Å². The Balaban J connectivity index is 0.000000129. The van der Waals surface area contributed by atoms with E-state index in [9.17, 15) is 0 Å². The molecule has 0 spiro atoms. The van der Waals surface area contributed by atoms with Gasteiger partial charge in [0.1, 0.15) is 23.0 Å². The molecule has 1 atom stereocenters. The first kappa shape index (κ1) is 36.5. The van der Waals surface area contributed by atoms with E-state index in [0.29, 0.717) is 0 Å². The van der Waals surface area contributed by atoms with Gasteiger partial charge < -0.3 is 9.47 Å². The van der Waals surface area contributed by atoms with Crippen molar-refractivity contribution in [3.8, 4) is 23.0 Å². The van der Waals surface area contributed by atoms with Crippen molar-refractivity contribution in [1.29, 1.82) is 0 Å². The zero-order valence-electron chi connectivity index (χ0n) is 34.9. The first-order chi connectivity index (χ1) is 31.8. The van der Waals surface area contributed by atoms with Crippen LogP contribution in [0, 0.1) is 0 Å². The smallest absolute Gasteiger partial charge is 0.139 e. The van der Waals surface area contributed by atoms with Crippen LogP contribution in [0.1, 0.15) is 45.2 Å². The highest BCUT2D eigenvalue weighted by atomic mass is 16.5. The second-order valence-electron chi connectivity index (χ2n) is 17.0. The average molecular weight is 817 g/mol. The summed E-state index contributed by atoms with van der Waals surface area (Å²) in [4.78, 5) is 0. The lowest BCUT2D eigenvalue weighted by Gasteiger charge is -2.31. The van der Waals surface area contributed by atoms with Gasteiger partial charge in [0, 0.05) is 39.5 Å². The van der Waals surface area contributed by atoms with E-state index in [2.05, 4.69) is 231 Å². The summed E-state index contributed by atoms with van der Waals surface area (Å²) in [5.41, 5.74) is 7.62. The standard InChI is InChI=1S/2C31H20O/c1-4-12-23-20(8-1)11-7-15-26(23)29-27-18-16-22-10-3-6-14-25(22)31(27)32-28-19-17-21-9-2-5-13-24(21)30(28)29;1-4-12-23-20(8-1)11-7-15-26(23)31-29-24-13-5-2-9-21(24)16-18-27(29)32-28-19-17-22-10-3-6-14-25(22)30(28)31/h1-19,29H;1-19,31H. The van der Waals surface area contributed by atoms with E-state index < -0.39 is 0 Å². The SMILES string of the molecule is c1ccc2c(C3c4c(ccc5ccccc45)Oc4ccc5ccccc5c43)cccc2c1.c1ccc2c(C3c4ccc5ccccc5c4Oc4ccc5ccccc5c43)cccc2c1. The van der Waals surface area contributed by atoms with Crippen molar-refractivity contribution in [2.75, 3.05) is 0 Å². The molecule has 2 heteroatoms. The van der Waals surface area contributed by atoms with Crippen LogP contribution in [0.15, 0.2) is 231 Å². The minimum Gasteiger partial charge on any atom is -0.457 e. The summed E-state index contributed by atoms with van der Waals surface area (Å²) in [7, 11) is 0. The molecule has 1 unspecified atom stereocenters. The summed E-state index contributed by atoms with van der Waals surface area (Å²) in [6, 6.07) is 82.5. The molecule has 2 heterocycles. The largest absolute Gasteiger partial charge is 0.457 e. The molecule has 64 heavy (non-hydrogen) atoms. The Morgan fingerprint density at radius 3 is 1.03 bits per heavy atom. The Morgan fingerprint density at radius 2 is 0.547 bits per heavy atom. The molecule has 0 bridgehead atoms. The number of ether oxygens (including phenoxy) is 2. The zero-order chi connectivity index (χ0) is 42.1. The van der Waals surface area contributed by atoms with Crippen LogP contribution in [0.25, 0.3) is 64.6 Å². The molecule has 2 aliphatic rings. The predicted octanol–water partition coefficient (Wildman–Crippen LogP) is 16.9. The fourth-order valence-electron chi connectivity index (χ4n) is 10.8. The monoisotopic (exact) mass is 816 g/mol. The summed E-state index contributed by atoms with van der Waals surface area (Å²) in [6.07, 6.45) is 0. The summed E-state index contributed by atoms with van der Waals surface area (Å²) in [5, 5.41) is 14.9. The molecule has 0 saturated heterocycles. The quantitative estimate of drug-likeness (QED) is 0.173. The summed E-state index contributed by atoms with van der Waals surface area (Å²) < 4.78 is 13.2. The number of fused-ring (bicyclic) bond motifs is 14. The topological polar surface area (TPSA) is 18.5 Å².